The van der Waals surface area contributed by atoms with Gasteiger partial charge in [-0.05, 0) is 19.3 Å². The molecule has 1 saturated carbocycles. The van der Waals surface area contributed by atoms with E-state index in [4.69, 9.17) is 0 Å². The highest BCUT2D eigenvalue weighted by molar-refractivity contribution is 5.79. The van der Waals surface area contributed by atoms with Gasteiger partial charge in [0, 0.05) is 13.0 Å². The number of amides is 1. The van der Waals surface area contributed by atoms with Crippen molar-refractivity contribution in [2.75, 3.05) is 6.54 Å². The number of hydrogen-bond acceptors (Lipinski definition) is 2. The van der Waals surface area contributed by atoms with E-state index in [0.29, 0.717) is 25.8 Å². The second-order valence-corrected chi connectivity index (χ2v) is 6.09. The minimum atomic E-state index is -0.750. The number of hydrogen-bond donors (Lipinski definition) is 2. The lowest BCUT2D eigenvalue weighted by Crippen LogP contribution is -2.44. The Kier molecular flexibility index (Phi) is 7.63. The molecule has 20 heavy (non-hydrogen) atoms. The zero-order valence-electron chi connectivity index (χ0n) is 12.7. The Hall–Kier alpha value is -1.06. The Balaban J connectivity index is 2.25. The van der Waals surface area contributed by atoms with Crippen LogP contribution in [0.4, 0.5) is 0 Å². The molecule has 4 heteroatoms. The van der Waals surface area contributed by atoms with Crippen molar-refractivity contribution in [3.63, 3.8) is 0 Å². The highest BCUT2D eigenvalue weighted by Gasteiger charge is 2.39. The number of rotatable bonds is 9. The molecule has 0 aromatic rings. The van der Waals surface area contributed by atoms with Crippen molar-refractivity contribution in [1.82, 2.24) is 5.32 Å². The monoisotopic (exact) mass is 283 g/mol. The highest BCUT2D eigenvalue weighted by Crippen LogP contribution is 2.36. The molecular weight excluding hydrogens is 254 g/mol. The van der Waals surface area contributed by atoms with Crippen molar-refractivity contribution in [1.29, 1.82) is 0 Å². The molecule has 0 saturated heterocycles. The van der Waals surface area contributed by atoms with Crippen molar-refractivity contribution in [3.8, 4) is 0 Å². The molecule has 0 aromatic carbocycles. The Labute approximate surface area is 122 Å². The molecule has 1 amide bonds. The molecule has 0 atom stereocenters. The second kappa shape index (κ2) is 8.98. The maximum absolute atomic E-state index is 11.8. The number of nitrogens with one attached hydrogen (secondary N) is 1. The lowest BCUT2D eigenvalue weighted by atomic mass is 9.74. The lowest BCUT2D eigenvalue weighted by molar-refractivity contribution is -0.151. The van der Waals surface area contributed by atoms with Crippen LogP contribution in [0.3, 0.4) is 0 Å². The first-order valence-electron chi connectivity index (χ1n) is 8.11. The average molecular weight is 283 g/mol. The van der Waals surface area contributed by atoms with E-state index < -0.39 is 11.4 Å². The molecule has 0 unspecified atom stereocenters. The van der Waals surface area contributed by atoms with Gasteiger partial charge in [-0.25, -0.2) is 0 Å². The first-order valence-corrected chi connectivity index (χ1v) is 8.11. The highest BCUT2D eigenvalue weighted by atomic mass is 16.4. The summed E-state index contributed by atoms with van der Waals surface area (Å²) in [7, 11) is 0. The zero-order valence-corrected chi connectivity index (χ0v) is 12.7. The quantitative estimate of drug-likeness (QED) is 0.636. The van der Waals surface area contributed by atoms with E-state index in [2.05, 4.69) is 12.2 Å². The number of carbonyl (C=O) groups is 2. The van der Waals surface area contributed by atoms with Crippen molar-refractivity contribution in [2.45, 2.75) is 77.6 Å². The van der Waals surface area contributed by atoms with Crippen LogP contribution in [0.5, 0.6) is 0 Å². The third-order valence-electron chi connectivity index (χ3n) is 4.40. The standard InChI is InChI=1S/C16H29NO3/c1-2-3-4-5-7-10-14(18)17-13-16(15(19)20)11-8-6-9-12-16/h2-13H2,1H3,(H,17,18)(H,19,20). The molecule has 0 radical (unpaired) electrons. The lowest BCUT2D eigenvalue weighted by Gasteiger charge is -2.33. The molecule has 0 aliphatic heterocycles. The van der Waals surface area contributed by atoms with Crippen molar-refractivity contribution in [3.05, 3.63) is 0 Å². The molecule has 1 rings (SSSR count). The van der Waals surface area contributed by atoms with Gasteiger partial charge in [0.2, 0.25) is 5.91 Å². The molecule has 116 valence electrons. The molecule has 1 aliphatic carbocycles. The molecule has 0 bridgehead atoms. The summed E-state index contributed by atoms with van der Waals surface area (Å²) in [6, 6.07) is 0. The molecule has 0 aromatic heterocycles. The van der Waals surface area contributed by atoms with Crippen LogP contribution in [0.15, 0.2) is 0 Å². The van der Waals surface area contributed by atoms with Gasteiger partial charge in [-0.2, -0.15) is 0 Å². The predicted molar refractivity (Wildman–Crippen MR) is 79.5 cm³/mol. The number of aliphatic carboxylic acids is 1. The van der Waals surface area contributed by atoms with Crippen LogP contribution in [0, 0.1) is 5.41 Å². The van der Waals surface area contributed by atoms with Crippen molar-refractivity contribution < 1.29 is 14.7 Å². The minimum absolute atomic E-state index is 0.00713. The van der Waals surface area contributed by atoms with Crippen LogP contribution >= 0.6 is 0 Å². The summed E-state index contributed by atoms with van der Waals surface area (Å²) < 4.78 is 0. The first kappa shape index (κ1) is 17.0. The van der Waals surface area contributed by atoms with Gasteiger partial charge in [-0.3, -0.25) is 9.59 Å². The average Bonchev–Trinajstić information content (AvgIpc) is 2.46. The smallest absolute Gasteiger partial charge is 0.311 e. The Morgan fingerprint density at radius 2 is 1.70 bits per heavy atom. The fourth-order valence-electron chi connectivity index (χ4n) is 2.94. The fraction of sp³-hybridized carbons (Fsp3) is 0.875. The molecule has 1 aliphatic rings. The summed E-state index contributed by atoms with van der Waals surface area (Å²) >= 11 is 0. The van der Waals surface area contributed by atoms with E-state index in [1.54, 1.807) is 0 Å². The predicted octanol–water partition coefficient (Wildman–Crippen LogP) is 3.50. The van der Waals surface area contributed by atoms with E-state index in [-0.39, 0.29) is 5.91 Å². The number of carbonyl (C=O) groups excluding carboxylic acids is 1. The third kappa shape index (κ3) is 5.51. The van der Waals surface area contributed by atoms with Crippen LogP contribution in [-0.4, -0.2) is 23.5 Å². The van der Waals surface area contributed by atoms with Crippen LogP contribution in [0.25, 0.3) is 0 Å². The van der Waals surface area contributed by atoms with Crippen LogP contribution in [0.2, 0.25) is 0 Å². The molecule has 0 spiro atoms. The molecule has 0 heterocycles. The van der Waals surface area contributed by atoms with E-state index in [9.17, 15) is 14.7 Å². The minimum Gasteiger partial charge on any atom is -0.481 e. The maximum atomic E-state index is 11.8. The molecule has 2 N–H and O–H groups in total. The summed E-state index contributed by atoms with van der Waals surface area (Å²) in [6.45, 7) is 2.47. The van der Waals surface area contributed by atoms with E-state index in [1.165, 1.54) is 19.3 Å². The molecule has 4 nitrogen and oxygen atoms in total. The zero-order chi connectivity index (χ0) is 14.8. The van der Waals surface area contributed by atoms with Gasteiger partial charge in [-0.1, -0.05) is 51.9 Å². The maximum Gasteiger partial charge on any atom is 0.311 e. The normalized spacial score (nSPS) is 17.6. The Morgan fingerprint density at radius 3 is 2.30 bits per heavy atom. The Bertz CT molecular complexity index is 309. The largest absolute Gasteiger partial charge is 0.481 e. The van der Waals surface area contributed by atoms with Gasteiger partial charge in [0.1, 0.15) is 0 Å². The molecular formula is C16H29NO3. The van der Waals surface area contributed by atoms with E-state index >= 15 is 0 Å². The number of carboxylic acids is 1. The summed E-state index contributed by atoms with van der Waals surface area (Å²) in [5.74, 6) is -0.742. The van der Waals surface area contributed by atoms with Gasteiger partial charge in [0.15, 0.2) is 0 Å². The molecule has 1 fully saturated rings. The second-order valence-electron chi connectivity index (χ2n) is 6.09. The van der Waals surface area contributed by atoms with Gasteiger partial charge >= 0.3 is 5.97 Å². The van der Waals surface area contributed by atoms with Gasteiger partial charge in [-0.15, -0.1) is 0 Å². The van der Waals surface area contributed by atoms with Gasteiger partial charge in [0.25, 0.3) is 0 Å². The SMILES string of the molecule is CCCCCCCC(=O)NCC1(C(=O)O)CCCCC1. The summed E-state index contributed by atoms with van der Waals surface area (Å²) in [4.78, 5) is 23.2. The van der Waals surface area contributed by atoms with Crippen molar-refractivity contribution in [2.24, 2.45) is 5.41 Å². The van der Waals surface area contributed by atoms with Crippen LogP contribution in [0.1, 0.15) is 77.6 Å². The number of unbranched alkanes of at least 4 members (excludes halogenated alkanes) is 4. The van der Waals surface area contributed by atoms with Crippen LogP contribution in [-0.2, 0) is 9.59 Å². The summed E-state index contributed by atoms with van der Waals surface area (Å²) in [6.07, 6.45) is 10.5. The first-order chi connectivity index (χ1) is 9.60. The van der Waals surface area contributed by atoms with Crippen LogP contribution < -0.4 is 5.32 Å². The van der Waals surface area contributed by atoms with Crippen molar-refractivity contribution >= 4 is 11.9 Å². The fourth-order valence-corrected chi connectivity index (χ4v) is 2.94. The van der Waals surface area contributed by atoms with Gasteiger partial charge < -0.3 is 10.4 Å². The third-order valence-corrected chi connectivity index (χ3v) is 4.40. The summed E-state index contributed by atoms with van der Waals surface area (Å²) in [5, 5.41) is 12.3. The topological polar surface area (TPSA) is 66.4 Å². The van der Waals surface area contributed by atoms with Gasteiger partial charge in [0.05, 0.1) is 5.41 Å². The summed E-state index contributed by atoms with van der Waals surface area (Å²) in [5.41, 5.74) is -0.712. The Morgan fingerprint density at radius 1 is 1.05 bits per heavy atom. The van der Waals surface area contributed by atoms with E-state index in [0.717, 1.165) is 32.1 Å². The number of carboxylic acid groups (broad SMARTS) is 1. The van der Waals surface area contributed by atoms with E-state index in [1.807, 2.05) is 0 Å².